The average molecular weight is 237 g/mol. The Morgan fingerprint density at radius 2 is 2.25 bits per heavy atom. The van der Waals surface area contributed by atoms with Crippen molar-refractivity contribution in [3.8, 4) is 0 Å². The number of hydrogen-bond acceptors (Lipinski definition) is 3. The number of hydrogen-bond donors (Lipinski definition) is 2. The van der Waals surface area contributed by atoms with E-state index in [4.69, 9.17) is 0 Å². The summed E-state index contributed by atoms with van der Waals surface area (Å²) in [5, 5.41) is 13.6. The predicted octanol–water partition coefficient (Wildman–Crippen LogP) is 2.15. The van der Waals surface area contributed by atoms with E-state index in [9.17, 15) is 5.11 Å². The first-order chi connectivity index (χ1) is 7.55. The molecule has 0 aliphatic carbocycles. The lowest BCUT2D eigenvalue weighted by atomic mass is 9.88. The predicted molar refractivity (Wildman–Crippen MR) is 69.0 cm³/mol. The summed E-state index contributed by atoms with van der Waals surface area (Å²) in [5.74, 6) is 1.17. The highest BCUT2D eigenvalue weighted by Gasteiger charge is 2.30. The second-order valence-electron chi connectivity index (χ2n) is 4.58. The van der Waals surface area contributed by atoms with E-state index in [1.54, 1.807) is 0 Å². The van der Waals surface area contributed by atoms with Gasteiger partial charge in [0.2, 0.25) is 0 Å². The summed E-state index contributed by atoms with van der Waals surface area (Å²) in [6.45, 7) is 3.87. The third kappa shape index (κ3) is 1.99. The number of thioether (sulfide) groups is 1. The lowest BCUT2D eigenvalue weighted by molar-refractivity contribution is 0.0241. The first kappa shape index (κ1) is 12.0. The topological polar surface area (TPSA) is 32.3 Å². The van der Waals surface area contributed by atoms with Crippen molar-refractivity contribution >= 4 is 11.8 Å². The van der Waals surface area contributed by atoms with Gasteiger partial charge in [0.05, 0.1) is 0 Å². The zero-order chi connectivity index (χ0) is 11.8. The van der Waals surface area contributed by atoms with E-state index in [1.807, 2.05) is 38.7 Å². The molecule has 1 aromatic carbocycles. The molecule has 0 fully saturated rings. The maximum Gasteiger partial charge on any atom is 0.102 e. The molecule has 2 N–H and O–H groups in total. The quantitative estimate of drug-likeness (QED) is 0.845. The third-order valence-electron chi connectivity index (χ3n) is 3.55. The van der Waals surface area contributed by atoms with Crippen molar-refractivity contribution in [2.75, 3.05) is 12.8 Å². The van der Waals surface area contributed by atoms with Crippen molar-refractivity contribution in [2.45, 2.75) is 36.8 Å². The number of aliphatic hydroxyl groups is 1. The zero-order valence-corrected chi connectivity index (χ0v) is 10.9. The molecular formula is C13H19NOS. The van der Waals surface area contributed by atoms with Gasteiger partial charge in [0, 0.05) is 16.7 Å². The first-order valence-corrected chi connectivity index (χ1v) is 6.70. The maximum atomic E-state index is 10.5. The van der Waals surface area contributed by atoms with Gasteiger partial charge in [0.15, 0.2) is 0 Å². The van der Waals surface area contributed by atoms with Crippen molar-refractivity contribution < 1.29 is 5.11 Å². The summed E-state index contributed by atoms with van der Waals surface area (Å²) < 4.78 is 0. The SMILES string of the molecule is CNC(C)C(C)(O)c1ccc2c(c1)CCS2. The van der Waals surface area contributed by atoms with Gasteiger partial charge in [-0.3, -0.25) is 0 Å². The molecule has 16 heavy (non-hydrogen) atoms. The van der Waals surface area contributed by atoms with E-state index in [0.29, 0.717) is 0 Å². The molecule has 2 rings (SSSR count). The summed E-state index contributed by atoms with van der Waals surface area (Å²) in [4.78, 5) is 1.37. The van der Waals surface area contributed by atoms with E-state index in [1.165, 1.54) is 16.2 Å². The standard InChI is InChI=1S/C13H19NOS/c1-9(14-3)13(2,15)11-4-5-12-10(8-11)6-7-16-12/h4-5,8-9,14-15H,6-7H2,1-3H3. The largest absolute Gasteiger partial charge is 0.384 e. The molecule has 0 saturated carbocycles. The van der Waals surface area contributed by atoms with Gasteiger partial charge in [-0.05, 0) is 44.5 Å². The number of aryl methyl sites for hydroxylation is 1. The van der Waals surface area contributed by atoms with Crippen LogP contribution in [0.4, 0.5) is 0 Å². The molecule has 2 nitrogen and oxygen atoms in total. The fraction of sp³-hybridized carbons (Fsp3) is 0.538. The van der Waals surface area contributed by atoms with Crippen LogP contribution in [0.2, 0.25) is 0 Å². The molecule has 0 saturated heterocycles. The molecule has 0 radical (unpaired) electrons. The molecule has 1 aliphatic rings. The van der Waals surface area contributed by atoms with E-state index < -0.39 is 5.60 Å². The summed E-state index contributed by atoms with van der Waals surface area (Å²) >= 11 is 1.90. The van der Waals surface area contributed by atoms with Crippen LogP contribution in [0.5, 0.6) is 0 Å². The number of nitrogens with one attached hydrogen (secondary N) is 1. The normalized spacial score (nSPS) is 20.2. The van der Waals surface area contributed by atoms with Crippen LogP contribution in [0.25, 0.3) is 0 Å². The van der Waals surface area contributed by atoms with Gasteiger partial charge in [0.1, 0.15) is 5.60 Å². The molecule has 0 spiro atoms. The van der Waals surface area contributed by atoms with Crippen LogP contribution >= 0.6 is 11.8 Å². The summed E-state index contributed by atoms with van der Waals surface area (Å²) in [7, 11) is 1.88. The zero-order valence-electron chi connectivity index (χ0n) is 10.1. The molecule has 1 aromatic rings. The molecule has 0 bridgehead atoms. The van der Waals surface area contributed by atoms with Crippen LogP contribution in [-0.2, 0) is 12.0 Å². The fourth-order valence-electron chi connectivity index (χ4n) is 2.03. The molecule has 88 valence electrons. The Kier molecular flexibility index (Phi) is 3.29. The molecule has 1 heterocycles. The Morgan fingerprint density at radius 1 is 1.50 bits per heavy atom. The van der Waals surface area contributed by atoms with Gasteiger partial charge >= 0.3 is 0 Å². The van der Waals surface area contributed by atoms with E-state index in [2.05, 4.69) is 17.4 Å². The lowest BCUT2D eigenvalue weighted by Gasteiger charge is -2.31. The van der Waals surface area contributed by atoms with Crippen molar-refractivity contribution in [1.29, 1.82) is 0 Å². The molecule has 1 aliphatic heterocycles. The van der Waals surface area contributed by atoms with Crippen LogP contribution in [0.15, 0.2) is 23.1 Å². The van der Waals surface area contributed by atoms with E-state index in [0.717, 1.165) is 12.0 Å². The Labute approximate surface area is 101 Å². The highest BCUT2D eigenvalue weighted by atomic mass is 32.2. The summed E-state index contributed by atoms with van der Waals surface area (Å²) in [5.41, 5.74) is 1.58. The Balaban J connectivity index is 2.34. The number of likely N-dealkylation sites (N-methyl/N-ethyl adjacent to an activating group) is 1. The van der Waals surface area contributed by atoms with E-state index >= 15 is 0 Å². The molecule has 0 aromatic heterocycles. The highest BCUT2D eigenvalue weighted by molar-refractivity contribution is 7.99. The molecule has 2 atom stereocenters. The van der Waals surface area contributed by atoms with Gasteiger partial charge < -0.3 is 10.4 Å². The minimum Gasteiger partial charge on any atom is -0.384 e. The molecular weight excluding hydrogens is 218 g/mol. The smallest absolute Gasteiger partial charge is 0.102 e. The summed E-state index contributed by atoms with van der Waals surface area (Å²) in [6, 6.07) is 6.38. The number of benzene rings is 1. The van der Waals surface area contributed by atoms with Crippen molar-refractivity contribution in [1.82, 2.24) is 5.32 Å². The maximum absolute atomic E-state index is 10.5. The van der Waals surface area contributed by atoms with Gasteiger partial charge in [-0.2, -0.15) is 0 Å². The second kappa shape index (κ2) is 4.40. The van der Waals surface area contributed by atoms with Gasteiger partial charge in [-0.1, -0.05) is 12.1 Å². The van der Waals surface area contributed by atoms with Crippen LogP contribution in [0.1, 0.15) is 25.0 Å². The Hall–Kier alpha value is -0.510. The minimum atomic E-state index is -0.808. The lowest BCUT2D eigenvalue weighted by Crippen LogP contribution is -2.42. The number of fused-ring (bicyclic) bond motifs is 1. The average Bonchev–Trinajstić information content (AvgIpc) is 2.74. The molecule has 3 heteroatoms. The number of rotatable bonds is 3. The van der Waals surface area contributed by atoms with Crippen LogP contribution in [0, 0.1) is 0 Å². The van der Waals surface area contributed by atoms with Crippen molar-refractivity contribution in [2.24, 2.45) is 0 Å². The molecule has 0 amide bonds. The second-order valence-corrected chi connectivity index (χ2v) is 5.72. The van der Waals surface area contributed by atoms with Crippen LogP contribution < -0.4 is 5.32 Å². The Morgan fingerprint density at radius 3 is 2.94 bits per heavy atom. The highest BCUT2D eigenvalue weighted by Crippen LogP contribution is 2.35. The van der Waals surface area contributed by atoms with Gasteiger partial charge in [-0.25, -0.2) is 0 Å². The van der Waals surface area contributed by atoms with Crippen LogP contribution in [-0.4, -0.2) is 23.9 Å². The Bertz CT molecular complexity index is 390. The van der Waals surface area contributed by atoms with Crippen molar-refractivity contribution in [3.63, 3.8) is 0 Å². The van der Waals surface area contributed by atoms with Gasteiger partial charge in [0.25, 0.3) is 0 Å². The van der Waals surface area contributed by atoms with E-state index in [-0.39, 0.29) is 6.04 Å². The first-order valence-electron chi connectivity index (χ1n) is 5.71. The molecule has 2 unspecified atom stereocenters. The van der Waals surface area contributed by atoms with Crippen molar-refractivity contribution in [3.05, 3.63) is 29.3 Å². The van der Waals surface area contributed by atoms with Gasteiger partial charge in [-0.15, -0.1) is 11.8 Å². The third-order valence-corrected chi connectivity index (χ3v) is 4.67. The summed E-state index contributed by atoms with van der Waals surface area (Å²) in [6.07, 6.45) is 1.12. The monoisotopic (exact) mass is 237 g/mol. The fourth-order valence-corrected chi connectivity index (χ4v) is 3.08. The van der Waals surface area contributed by atoms with Crippen LogP contribution in [0.3, 0.4) is 0 Å². The minimum absolute atomic E-state index is 0.0413.